The molecule has 1 aromatic carbocycles. The summed E-state index contributed by atoms with van der Waals surface area (Å²) >= 11 is 12.4. The Hall–Kier alpha value is -0.730. The van der Waals surface area contributed by atoms with Crippen LogP contribution in [0.2, 0.25) is 10.0 Å². The molecule has 18 heavy (non-hydrogen) atoms. The van der Waals surface area contributed by atoms with Crippen LogP contribution in [-0.4, -0.2) is 17.9 Å². The molecular formula is C14H15Cl2NO. The zero-order chi connectivity index (χ0) is 12.7. The lowest BCUT2D eigenvalue weighted by molar-refractivity contribution is -0.121. The molecule has 3 rings (SSSR count). The number of Topliss-reactive ketones (excluding diaryl/α,β-unsaturated/α-hetero) is 1. The van der Waals surface area contributed by atoms with Crippen molar-refractivity contribution in [1.29, 1.82) is 0 Å². The van der Waals surface area contributed by atoms with E-state index in [4.69, 9.17) is 23.2 Å². The highest BCUT2D eigenvalue weighted by atomic mass is 35.5. The van der Waals surface area contributed by atoms with Crippen molar-refractivity contribution in [1.82, 2.24) is 0 Å². The fraction of sp³-hybridized carbons (Fsp3) is 0.500. The summed E-state index contributed by atoms with van der Waals surface area (Å²) in [6.07, 6.45) is 4.66. The van der Waals surface area contributed by atoms with E-state index in [0.29, 0.717) is 40.8 Å². The normalized spacial score (nSPS) is 27.4. The van der Waals surface area contributed by atoms with Gasteiger partial charge in [-0.2, -0.15) is 0 Å². The average Bonchev–Trinajstić information content (AvgIpc) is 2.32. The molecule has 2 aliphatic heterocycles. The number of piperidine rings is 2. The number of rotatable bonds is 1. The number of benzene rings is 1. The first kappa shape index (κ1) is 12.3. The van der Waals surface area contributed by atoms with Crippen LogP contribution in [-0.2, 0) is 4.79 Å². The first-order valence-electron chi connectivity index (χ1n) is 6.41. The second kappa shape index (κ2) is 4.75. The maximum atomic E-state index is 11.7. The summed E-state index contributed by atoms with van der Waals surface area (Å²) in [5, 5.41) is 1.20. The Morgan fingerprint density at radius 2 is 1.78 bits per heavy atom. The van der Waals surface area contributed by atoms with Crippen molar-refractivity contribution in [3.05, 3.63) is 28.2 Å². The van der Waals surface area contributed by atoms with Gasteiger partial charge in [-0.3, -0.25) is 4.79 Å². The van der Waals surface area contributed by atoms with Crippen molar-refractivity contribution < 1.29 is 4.79 Å². The summed E-state index contributed by atoms with van der Waals surface area (Å²) in [7, 11) is 0. The molecule has 0 N–H and O–H groups in total. The molecule has 2 fully saturated rings. The van der Waals surface area contributed by atoms with Crippen molar-refractivity contribution in [2.45, 2.75) is 44.2 Å². The fourth-order valence-corrected chi connectivity index (χ4v) is 3.65. The van der Waals surface area contributed by atoms with Crippen LogP contribution in [0.25, 0.3) is 0 Å². The van der Waals surface area contributed by atoms with E-state index in [1.807, 2.05) is 12.1 Å². The summed E-state index contributed by atoms with van der Waals surface area (Å²) in [5.41, 5.74) is 0.992. The molecular weight excluding hydrogens is 269 g/mol. The predicted octanol–water partition coefficient (Wildman–Crippen LogP) is 4.08. The topological polar surface area (TPSA) is 20.3 Å². The molecule has 2 saturated heterocycles. The number of anilines is 1. The first-order valence-corrected chi connectivity index (χ1v) is 7.16. The maximum absolute atomic E-state index is 11.7. The lowest BCUT2D eigenvalue weighted by Crippen LogP contribution is -2.52. The molecule has 0 spiro atoms. The molecule has 2 aliphatic rings. The molecule has 96 valence electrons. The Balaban J connectivity index is 2.00. The van der Waals surface area contributed by atoms with E-state index in [1.165, 1.54) is 6.42 Å². The quantitative estimate of drug-likeness (QED) is 0.774. The van der Waals surface area contributed by atoms with E-state index < -0.39 is 0 Å². The van der Waals surface area contributed by atoms with Crippen molar-refractivity contribution in [2.24, 2.45) is 0 Å². The van der Waals surface area contributed by atoms with Crippen LogP contribution >= 0.6 is 23.2 Å². The molecule has 2 nitrogen and oxygen atoms in total. The smallest absolute Gasteiger partial charge is 0.137 e. The monoisotopic (exact) mass is 283 g/mol. The molecule has 2 bridgehead atoms. The van der Waals surface area contributed by atoms with E-state index in [2.05, 4.69) is 4.90 Å². The van der Waals surface area contributed by atoms with Gasteiger partial charge < -0.3 is 4.90 Å². The Bertz CT molecular complexity index is 473. The number of ketones is 1. The molecule has 0 saturated carbocycles. The van der Waals surface area contributed by atoms with Crippen LogP contribution in [0.4, 0.5) is 5.69 Å². The largest absolute Gasteiger partial charge is 0.363 e. The Kier molecular flexibility index (Phi) is 3.25. The molecule has 2 unspecified atom stereocenters. The molecule has 0 aliphatic carbocycles. The molecule has 4 heteroatoms. The molecule has 0 radical (unpaired) electrons. The van der Waals surface area contributed by atoms with E-state index in [0.717, 1.165) is 18.5 Å². The van der Waals surface area contributed by atoms with Gasteiger partial charge in [-0.1, -0.05) is 29.3 Å². The minimum absolute atomic E-state index is 0.306. The van der Waals surface area contributed by atoms with Crippen LogP contribution in [0.15, 0.2) is 18.2 Å². The molecule has 0 aromatic heterocycles. The van der Waals surface area contributed by atoms with Crippen LogP contribution in [0.5, 0.6) is 0 Å². The van der Waals surface area contributed by atoms with Gasteiger partial charge in [0, 0.05) is 24.9 Å². The second-order valence-electron chi connectivity index (χ2n) is 5.17. The number of hydrogen-bond acceptors (Lipinski definition) is 2. The van der Waals surface area contributed by atoms with E-state index in [9.17, 15) is 4.79 Å². The van der Waals surface area contributed by atoms with Crippen molar-refractivity contribution in [3.63, 3.8) is 0 Å². The van der Waals surface area contributed by atoms with Gasteiger partial charge in [0.1, 0.15) is 5.78 Å². The molecule has 2 heterocycles. The highest BCUT2D eigenvalue weighted by molar-refractivity contribution is 6.43. The van der Waals surface area contributed by atoms with Gasteiger partial charge >= 0.3 is 0 Å². The van der Waals surface area contributed by atoms with Gasteiger partial charge in [0.25, 0.3) is 0 Å². The SMILES string of the molecule is O=C1CC2CCCC(C1)N2c1cccc(Cl)c1Cl. The zero-order valence-corrected chi connectivity index (χ0v) is 11.5. The first-order chi connectivity index (χ1) is 8.66. The number of hydrogen-bond donors (Lipinski definition) is 0. The summed E-state index contributed by atoms with van der Waals surface area (Å²) in [5.74, 6) is 0.388. The number of fused-ring (bicyclic) bond motifs is 2. The minimum atomic E-state index is 0.306. The standard InChI is InChI=1S/C14H15Cl2NO/c15-12-5-2-6-13(14(12)16)17-9-3-1-4-10(17)8-11(18)7-9/h2,5-6,9-10H,1,3-4,7-8H2. The van der Waals surface area contributed by atoms with Crippen molar-refractivity contribution >= 4 is 34.7 Å². The number of carbonyl (C=O) groups is 1. The highest BCUT2D eigenvalue weighted by Crippen LogP contribution is 2.41. The summed E-state index contributed by atoms with van der Waals surface area (Å²) < 4.78 is 0. The summed E-state index contributed by atoms with van der Waals surface area (Å²) in [6.45, 7) is 0. The summed E-state index contributed by atoms with van der Waals surface area (Å²) in [6, 6.07) is 6.35. The Labute approximate surface area is 117 Å². The van der Waals surface area contributed by atoms with Gasteiger partial charge in [-0.05, 0) is 31.4 Å². The van der Waals surface area contributed by atoms with Crippen LogP contribution in [0, 0.1) is 0 Å². The maximum Gasteiger partial charge on any atom is 0.137 e. The van der Waals surface area contributed by atoms with Gasteiger partial charge in [0.2, 0.25) is 0 Å². The molecule has 2 atom stereocenters. The second-order valence-corrected chi connectivity index (χ2v) is 5.95. The van der Waals surface area contributed by atoms with Crippen LogP contribution in [0.3, 0.4) is 0 Å². The lowest BCUT2D eigenvalue weighted by atomic mass is 9.83. The summed E-state index contributed by atoms with van der Waals surface area (Å²) in [4.78, 5) is 14.1. The van der Waals surface area contributed by atoms with Crippen molar-refractivity contribution in [3.8, 4) is 0 Å². The van der Waals surface area contributed by atoms with Crippen LogP contribution in [0.1, 0.15) is 32.1 Å². The van der Waals surface area contributed by atoms with E-state index >= 15 is 0 Å². The predicted molar refractivity (Wildman–Crippen MR) is 74.6 cm³/mol. The third kappa shape index (κ3) is 2.02. The fourth-order valence-electron chi connectivity index (χ4n) is 3.26. The zero-order valence-electron chi connectivity index (χ0n) is 10.0. The third-order valence-electron chi connectivity index (χ3n) is 4.00. The van der Waals surface area contributed by atoms with Gasteiger partial charge in [-0.25, -0.2) is 0 Å². The van der Waals surface area contributed by atoms with Crippen LogP contribution < -0.4 is 4.90 Å². The molecule has 1 aromatic rings. The van der Waals surface area contributed by atoms with E-state index in [1.54, 1.807) is 6.07 Å². The highest BCUT2D eigenvalue weighted by Gasteiger charge is 2.38. The number of carbonyl (C=O) groups excluding carboxylic acids is 1. The minimum Gasteiger partial charge on any atom is -0.363 e. The van der Waals surface area contributed by atoms with E-state index in [-0.39, 0.29) is 0 Å². The Morgan fingerprint density at radius 1 is 1.11 bits per heavy atom. The average molecular weight is 284 g/mol. The van der Waals surface area contributed by atoms with Gasteiger partial charge in [-0.15, -0.1) is 0 Å². The third-order valence-corrected chi connectivity index (χ3v) is 4.81. The Morgan fingerprint density at radius 3 is 2.44 bits per heavy atom. The van der Waals surface area contributed by atoms with Gasteiger partial charge in [0.05, 0.1) is 15.7 Å². The number of halogens is 2. The van der Waals surface area contributed by atoms with Gasteiger partial charge in [0.15, 0.2) is 0 Å². The molecule has 0 amide bonds. The lowest BCUT2D eigenvalue weighted by Gasteiger charge is -2.47. The number of nitrogens with zero attached hydrogens (tertiary/aromatic N) is 1. The van der Waals surface area contributed by atoms with Crippen molar-refractivity contribution in [2.75, 3.05) is 4.90 Å².